The number of hydrogen-bond donors (Lipinski definition) is 2. The van der Waals surface area contributed by atoms with Crippen molar-refractivity contribution < 1.29 is 0 Å². The molecule has 60 valence electrons. The van der Waals surface area contributed by atoms with Crippen LogP contribution in [0, 0.1) is 5.92 Å². The number of nitrogens with one attached hydrogen (secondary N) is 2. The Labute approximate surface area is 66.2 Å². The summed E-state index contributed by atoms with van der Waals surface area (Å²) in [5, 5.41) is 3.35. The maximum absolute atomic E-state index is 4.25. The molecule has 2 rings (SSSR count). The summed E-state index contributed by atoms with van der Waals surface area (Å²) < 4.78 is 0. The van der Waals surface area contributed by atoms with Gasteiger partial charge < -0.3 is 10.3 Å². The Morgan fingerprint density at radius 3 is 3.00 bits per heavy atom. The van der Waals surface area contributed by atoms with Crippen LogP contribution in [0.3, 0.4) is 0 Å². The molecule has 3 heteroatoms. The van der Waals surface area contributed by atoms with Gasteiger partial charge in [-0.25, -0.2) is 4.98 Å². The molecule has 1 aliphatic heterocycles. The van der Waals surface area contributed by atoms with E-state index in [1.165, 1.54) is 0 Å². The van der Waals surface area contributed by atoms with E-state index in [9.17, 15) is 0 Å². The number of rotatable bonds is 1. The van der Waals surface area contributed by atoms with Crippen molar-refractivity contribution in [1.29, 1.82) is 0 Å². The molecular weight excluding hydrogens is 138 g/mol. The van der Waals surface area contributed by atoms with Crippen LogP contribution in [0.15, 0.2) is 12.4 Å². The first-order valence-corrected chi connectivity index (χ1v) is 4.08. The predicted molar refractivity (Wildman–Crippen MR) is 43.4 cm³/mol. The fourth-order valence-electron chi connectivity index (χ4n) is 1.66. The van der Waals surface area contributed by atoms with Crippen LogP contribution in [-0.2, 0) is 0 Å². The SMILES string of the molecule is CC1CNCC1c1ncc[nH]1. The first kappa shape index (κ1) is 6.85. The van der Waals surface area contributed by atoms with Gasteiger partial charge in [0.25, 0.3) is 0 Å². The van der Waals surface area contributed by atoms with E-state index >= 15 is 0 Å². The molecule has 2 heterocycles. The van der Waals surface area contributed by atoms with E-state index in [0.29, 0.717) is 11.8 Å². The lowest BCUT2D eigenvalue weighted by Gasteiger charge is -2.09. The lowest BCUT2D eigenvalue weighted by Crippen LogP contribution is -2.09. The van der Waals surface area contributed by atoms with Gasteiger partial charge in [-0.05, 0) is 12.5 Å². The second-order valence-electron chi connectivity index (χ2n) is 3.22. The molecule has 1 saturated heterocycles. The van der Waals surface area contributed by atoms with Crippen molar-refractivity contribution in [3.63, 3.8) is 0 Å². The molecule has 0 saturated carbocycles. The monoisotopic (exact) mass is 151 g/mol. The number of imidazole rings is 1. The van der Waals surface area contributed by atoms with E-state index in [0.717, 1.165) is 18.9 Å². The van der Waals surface area contributed by atoms with Crippen molar-refractivity contribution >= 4 is 0 Å². The van der Waals surface area contributed by atoms with Gasteiger partial charge in [0, 0.05) is 24.9 Å². The lowest BCUT2D eigenvalue weighted by molar-refractivity contribution is 0.550. The summed E-state index contributed by atoms with van der Waals surface area (Å²) in [6.07, 6.45) is 3.71. The van der Waals surface area contributed by atoms with E-state index in [1.54, 1.807) is 0 Å². The topological polar surface area (TPSA) is 40.7 Å². The van der Waals surface area contributed by atoms with Crippen molar-refractivity contribution in [2.45, 2.75) is 12.8 Å². The van der Waals surface area contributed by atoms with Crippen molar-refractivity contribution in [3.05, 3.63) is 18.2 Å². The Hall–Kier alpha value is -0.830. The first-order chi connectivity index (χ1) is 5.38. The zero-order chi connectivity index (χ0) is 7.68. The second kappa shape index (κ2) is 2.66. The van der Waals surface area contributed by atoms with E-state index < -0.39 is 0 Å². The smallest absolute Gasteiger partial charge is 0.110 e. The molecule has 0 bridgehead atoms. The molecule has 0 aliphatic carbocycles. The summed E-state index contributed by atoms with van der Waals surface area (Å²) in [4.78, 5) is 7.41. The van der Waals surface area contributed by atoms with Gasteiger partial charge in [0.05, 0.1) is 0 Å². The largest absolute Gasteiger partial charge is 0.348 e. The quantitative estimate of drug-likeness (QED) is 0.621. The molecule has 2 unspecified atom stereocenters. The Balaban J connectivity index is 2.16. The Kier molecular flexibility index (Phi) is 1.66. The van der Waals surface area contributed by atoms with Crippen LogP contribution >= 0.6 is 0 Å². The van der Waals surface area contributed by atoms with Gasteiger partial charge in [-0.1, -0.05) is 6.92 Å². The zero-order valence-corrected chi connectivity index (χ0v) is 6.67. The lowest BCUT2D eigenvalue weighted by atomic mass is 9.98. The van der Waals surface area contributed by atoms with Crippen LogP contribution in [-0.4, -0.2) is 23.1 Å². The Bertz CT molecular complexity index is 217. The molecule has 1 aromatic rings. The molecule has 1 fully saturated rings. The normalized spacial score (nSPS) is 31.0. The highest BCUT2D eigenvalue weighted by Crippen LogP contribution is 2.24. The van der Waals surface area contributed by atoms with Gasteiger partial charge in [-0.2, -0.15) is 0 Å². The third-order valence-electron chi connectivity index (χ3n) is 2.39. The summed E-state index contributed by atoms with van der Waals surface area (Å²) in [5.74, 6) is 2.42. The zero-order valence-electron chi connectivity index (χ0n) is 6.67. The maximum atomic E-state index is 4.25. The molecule has 2 N–H and O–H groups in total. The molecule has 2 atom stereocenters. The summed E-state index contributed by atoms with van der Waals surface area (Å²) in [7, 11) is 0. The molecule has 3 nitrogen and oxygen atoms in total. The number of H-pyrrole nitrogens is 1. The highest BCUT2D eigenvalue weighted by atomic mass is 15.0. The minimum Gasteiger partial charge on any atom is -0.348 e. The molecular formula is C8H13N3. The fourth-order valence-corrected chi connectivity index (χ4v) is 1.66. The van der Waals surface area contributed by atoms with Crippen LogP contribution in [0.4, 0.5) is 0 Å². The average Bonchev–Trinajstić information content (AvgIpc) is 2.55. The fraction of sp³-hybridized carbons (Fsp3) is 0.625. The predicted octanol–water partition coefficient (Wildman–Crippen LogP) is 0.733. The molecule has 0 radical (unpaired) electrons. The van der Waals surface area contributed by atoms with E-state index in [2.05, 4.69) is 22.2 Å². The molecule has 0 spiro atoms. The van der Waals surface area contributed by atoms with Crippen LogP contribution in [0.1, 0.15) is 18.7 Å². The highest BCUT2D eigenvalue weighted by molar-refractivity contribution is 5.03. The molecule has 0 amide bonds. The van der Waals surface area contributed by atoms with Gasteiger partial charge in [-0.15, -0.1) is 0 Å². The molecule has 11 heavy (non-hydrogen) atoms. The summed E-state index contributed by atoms with van der Waals surface area (Å²) in [6.45, 7) is 4.44. The van der Waals surface area contributed by atoms with Gasteiger partial charge in [0.1, 0.15) is 5.82 Å². The number of aromatic amines is 1. The first-order valence-electron chi connectivity index (χ1n) is 4.08. The Morgan fingerprint density at radius 2 is 2.45 bits per heavy atom. The minimum absolute atomic E-state index is 0.588. The summed E-state index contributed by atoms with van der Waals surface area (Å²) in [5.41, 5.74) is 0. The van der Waals surface area contributed by atoms with Gasteiger partial charge in [-0.3, -0.25) is 0 Å². The molecule has 1 aromatic heterocycles. The highest BCUT2D eigenvalue weighted by Gasteiger charge is 2.25. The number of hydrogen-bond acceptors (Lipinski definition) is 2. The minimum atomic E-state index is 0.588. The van der Waals surface area contributed by atoms with Crippen LogP contribution in [0.5, 0.6) is 0 Å². The van der Waals surface area contributed by atoms with E-state index in [-0.39, 0.29) is 0 Å². The van der Waals surface area contributed by atoms with Crippen molar-refractivity contribution in [1.82, 2.24) is 15.3 Å². The second-order valence-corrected chi connectivity index (χ2v) is 3.22. The molecule has 0 aromatic carbocycles. The van der Waals surface area contributed by atoms with Crippen molar-refractivity contribution in [3.8, 4) is 0 Å². The van der Waals surface area contributed by atoms with Gasteiger partial charge >= 0.3 is 0 Å². The third kappa shape index (κ3) is 1.16. The van der Waals surface area contributed by atoms with Crippen LogP contribution in [0.25, 0.3) is 0 Å². The van der Waals surface area contributed by atoms with Crippen LogP contribution < -0.4 is 5.32 Å². The van der Waals surface area contributed by atoms with Gasteiger partial charge in [0.2, 0.25) is 0 Å². The van der Waals surface area contributed by atoms with E-state index in [4.69, 9.17) is 0 Å². The average molecular weight is 151 g/mol. The third-order valence-corrected chi connectivity index (χ3v) is 2.39. The van der Waals surface area contributed by atoms with Crippen molar-refractivity contribution in [2.75, 3.05) is 13.1 Å². The Morgan fingerprint density at radius 1 is 1.55 bits per heavy atom. The summed E-state index contributed by atoms with van der Waals surface area (Å²) in [6, 6.07) is 0. The summed E-state index contributed by atoms with van der Waals surface area (Å²) >= 11 is 0. The number of aromatic nitrogens is 2. The molecule has 1 aliphatic rings. The maximum Gasteiger partial charge on any atom is 0.110 e. The number of nitrogens with zero attached hydrogens (tertiary/aromatic N) is 1. The van der Waals surface area contributed by atoms with Gasteiger partial charge in [0.15, 0.2) is 0 Å². The van der Waals surface area contributed by atoms with Crippen molar-refractivity contribution in [2.24, 2.45) is 5.92 Å². The van der Waals surface area contributed by atoms with Crippen LogP contribution in [0.2, 0.25) is 0 Å². The van der Waals surface area contributed by atoms with E-state index in [1.807, 2.05) is 12.4 Å². The standard InChI is InChI=1S/C8H13N3/c1-6-4-9-5-7(6)8-10-2-3-11-8/h2-3,6-7,9H,4-5H2,1H3,(H,10,11).